The molecule has 2 atom stereocenters. The zero-order valence-corrected chi connectivity index (χ0v) is 5.74. The van der Waals surface area contributed by atoms with Crippen molar-refractivity contribution in [2.45, 2.75) is 13.0 Å². The number of carbonyl (C=O) groups is 1. The van der Waals surface area contributed by atoms with Crippen LogP contribution in [0.1, 0.15) is 6.92 Å². The van der Waals surface area contributed by atoms with E-state index in [2.05, 4.69) is 9.39 Å². The lowest BCUT2D eigenvalue weighted by Gasteiger charge is -2.10. The maximum absolute atomic E-state index is 9.89. The zero-order valence-electron chi connectivity index (χ0n) is 4.59. The van der Waals surface area contributed by atoms with Crippen molar-refractivity contribution in [1.29, 1.82) is 0 Å². The summed E-state index contributed by atoms with van der Waals surface area (Å²) >= 11 is 0. The fourth-order valence-electron chi connectivity index (χ4n) is 0.0960. The Morgan fingerprint density at radius 3 is 2.29 bits per heavy atom. The Labute approximate surface area is 46.1 Å². The summed E-state index contributed by atoms with van der Waals surface area (Å²) in [7, 11) is 4.26. The molecule has 0 heterocycles. The van der Waals surface area contributed by atoms with Crippen molar-refractivity contribution in [2.75, 3.05) is 7.05 Å². The average Bonchev–Trinajstić information content (AvgIpc) is 1.65. The number of likely N-dealkylation sites (N-methyl/N-ethyl adjacent to an activating group) is 1. The molecule has 3 heteroatoms. The van der Waals surface area contributed by atoms with E-state index < -0.39 is 0 Å². The Hall–Kier alpha value is 0.0600. The molecular weight excluding hydrogens is 109 g/mol. The van der Waals surface area contributed by atoms with Gasteiger partial charge in [-0.3, -0.25) is 4.67 Å². The average molecular weight is 119 g/mol. The van der Waals surface area contributed by atoms with Gasteiger partial charge >= 0.3 is 0 Å². The standard InChI is InChI=1S/C4H10NOP/c1-4(3-6)5(2)7/h3-4H,7H2,1-2H3. The minimum atomic E-state index is 0.0185. The van der Waals surface area contributed by atoms with Crippen LogP contribution in [0.15, 0.2) is 0 Å². The molecule has 2 unspecified atom stereocenters. The Morgan fingerprint density at radius 2 is 2.29 bits per heavy atom. The SMILES string of the molecule is CC(C=O)N(C)P. The van der Waals surface area contributed by atoms with Crippen molar-refractivity contribution in [1.82, 2.24) is 4.67 Å². The van der Waals surface area contributed by atoms with E-state index in [4.69, 9.17) is 0 Å². The van der Waals surface area contributed by atoms with Gasteiger partial charge in [0, 0.05) is 0 Å². The van der Waals surface area contributed by atoms with Gasteiger partial charge in [-0.1, -0.05) is 9.39 Å². The second-order valence-corrected chi connectivity index (χ2v) is 2.36. The highest BCUT2D eigenvalue weighted by atomic mass is 31.0. The predicted octanol–water partition coefficient (Wildman–Crippen LogP) is 0.296. The van der Waals surface area contributed by atoms with E-state index in [1.165, 1.54) is 0 Å². The van der Waals surface area contributed by atoms with Crippen LogP contribution in [-0.4, -0.2) is 24.0 Å². The fraction of sp³-hybridized carbons (Fsp3) is 0.750. The molecule has 0 aliphatic heterocycles. The lowest BCUT2D eigenvalue weighted by atomic mass is 10.4. The van der Waals surface area contributed by atoms with Gasteiger partial charge in [-0.05, 0) is 14.0 Å². The van der Waals surface area contributed by atoms with Crippen LogP contribution in [0.3, 0.4) is 0 Å². The Kier molecular flexibility index (Phi) is 3.14. The van der Waals surface area contributed by atoms with Gasteiger partial charge in [-0.15, -0.1) is 0 Å². The van der Waals surface area contributed by atoms with Gasteiger partial charge < -0.3 is 4.79 Å². The van der Waals surface area contributed by atoms with E-state index in [9.17, 15) is 4.79 Å². The Balaban J connectivity index is 3.33. The molecule has 0 radical (unpaired) electrons. The maximum Gasteiger partial charge on any atom is 0.137 e. The molecule has 0 fully saturated rings. The second kappa shape index (κ2) is 3.11. The minimum absolute atomic E-state index is 0.0185. The van der Waals surface area contributed by atoms with Gasteiger partial charge in [0.2, 0.25) is 0 Å². The van der Waals surface area contributed by atoms with Crippen LogP contribution < -0.4 is 0 Å². The van der Waals surface area contributed by atoms with Crippen LogP contribution in [0.25, 0.3) is 0 Å². The summed E-state index contributed by atoms with van der Waals surface area (Å²) in [5, 5.41) is 0. The summed E-state index contributed by atoms with van der Waals surface area (Å²) in [6, 6.07) is 0.0185. The van der Waals surface area contributed by atoms with Crippen LogP contribution in [0.4, 0.5) is 0 Å². The largest absolute Gasteiger partial charge is 0.302 e. The smallest absolute Gasteiger partial charge is 0.137 e. The first-order chi connectivity index (χ1) is 3.18. The van der Waals surface area contributed by atoms with Crippen molar-refractivity contribution in [2.24, 2.45) is 0 Å². The number of hydrogen-bond donors (Lipinski definition) is 0. The second-order valence-electron chi connectivity index (χ2n) is 1.54. The summed E-state index contributed by atoms with van der Waals surface area (Å²) in [6.45, 7) is 1.83. The molecule has 0 spiro atoms. The molecule has 2 nitrogen and oxygen atoms in total. The van der Waals surface area contributed by atoms with Crippen molar-refractivity contribution >= 4 is 15.7 Å². The first-order valence-electron chi connectivity index (χ1n) is 2.11. The van der Waals surface area contributed by atoms with E-state index in [1.807, 2.05) is 14.0 Å². The monoisotopic (exact) mass is 119 g/mol. The Morgan fingerprint density at radius 1 is 1.86 bits per heavy atom. The molecular formula is C4H10NOP. The fourth-order valence-corrected chi connectivity index (χ4v) is 0.166. The van der Waals surface area contributed by atoms with Crippen LogP contribution in [-0.2, 0) is 4.79 Å². The molecule has 0 bridgehead atoms. The predicted molar refractivity (Wildman–Crippen MR) is 33.0 cm³/mol. The van der Waals surface area contributed by atoms with Crippen LogP contribution in [0.2, 0.25) is 0 Å². The first-order valence-corrected chi connectivity index (χ1v) is 2.63. The van der Waals surface area contributed by atoms with Crippen molar-refractivity contribution in [3.8, 4) is 0 Å². The molecule has 0 amide bonds. The van der Waals surface area contributed by atoms with Crippen molar-refractivity contribution in [3.63, 3.8) is 0 Å². The number of nitrogens with zero attached hydrogens (tertiary/aromatic N) is 1. The lowest BCUT2D eigenvalue weighted by Crippen LogP contribution is -2.19. The van der Waals surface area contributed by atoms with Gasteiger partial charge in [0.05, 0.1) is 6.04 Å². The van der Waals surface area contributed by atoms with E-state index >= 15 is 0 Å². The van der Waals surface area contributed by atoms with Crippen LogP contribution in [0, 0.1) is 0 Å². The highest BCUT2D eigenvalue weighted by molar-refractivity contribution is 7.13. The molecule has 0 saturated heterocycles. The molecule has 0 aromatic rings. The molecule has 0 N–H and O–H groups in total. The normalized spacial score (nSPS) is 14.3. The minimum Gasteiger partial charge on any atom is -0.302 e. The number of carbonyl (C=O) groups excluding carboxylic acids is 1. The topological polar surface area (TPSA) is 20.3 Å². The Bertz CT molecular complexity index is 64.7. The third-order valence-electron chi connectivity index (χ3n) is 0.839. The van der Waals surface area contributed by atoms with E-state index in [-0.39, 0.29) is 6.04 Å². The summed E-state index contributed by atoms with van der Waals surface area (Å²) in [6.07, 6.45) is 0.896. The van der Waals surface area contributed by atoms with Gasteiger partial charge in [-0.25, -0.2) is 0 Å². The molecule has 0 aromatic heterocycles. The number of hydrogen-bond acceptors (Lipinski definition) is 2. The first kappa shape index (κ1) is 7.06. The van der Waals surface area contributed by atoms with Gasteiger partial charge in [0.1, 0.15) is 6.29 Å². The zero-order chi connectivity index (χ0) is 5.86. The van der Waals surface area contributed by atoms with Crippen LogP contribution >= 0.6 is 9.39 Å². The highest BCUT2D eigenvalue weighted by Gasteiger charge is 1.98. The van der Waals surface area contributed by atoms with Crippen molar-refractivity contribution < 1.29 is 4.79 Å². The summed E-state index contributed by atoms with van der Waals surface area (Å²) in [4.78, 5) is 9.89. The molecule has 0 aliphatic carbocycles. The summed E-state index contributed by atoms with van der Waals surface area (Å²) < 4.78 is 1.77. The molecule has 7 heavy (non-hydrogen) atoms. The third-order valence-corrected chi connectivity index (χ3v) is 1.31. The summed E-state index contributed by atoms with van der Waals surface area (Å²) in [5.74, 6) is 0. The van der Waals surface area contributed by atoms with Gasteiger partial charge in [-0.2, -0.15) is 0 Å². The molecule has 42 valence electrons. The quantitative estimate of drug-likeness (QED) is 0.385. The highest BCUT2D eigenvalue weighted by Crippen LogP contribution is 1.96. The van der Waals surface area contributed by atoms with Crippen LogP contribution in [0.5, 0.6) is 0 Å². The number of rotatable bonds is 2. The van der Waals surface area contributed by atoms with E-state index in [1.54, 1.807) is 4.67 Å². The molecule has 0 aliphatic rings. The van der Waals surface area contributed by atoms with Crippen molar-refractivity contribution in [3.05, 3.63) is 0 Å². The molecule has 0 rings (SSSR count). The third kappa shape index (κ3) is 2.72. The molecule has 0 saturated carbocycles. The van der Waals surface area contributed by atoms with Gasteiger partial charge in [0.25, 0.3) is 0 Å². The van der Waals surface area contributed by atoms with E-state index in [0.29, 0.717) is 0 Å². The molecule has 0 aromatic carbocycles. The van der Waals surface area contributed by atoms with Gasteiger partial charge in [0.15, 0.2) is 0 Å². The lowest BCUT2D eigenvalue weighted by molar-refractivity contribution is -0.110. The van der Waals surface area contributed by atoms with E-state index in [0.717, 1.165) is 6.29 Å². The maximum atomic E-state index is 9.89. The number of aldehydes is 1. The summed E-state index contributed by atoms with van der Waals surface area (Å²) in [5.41, 5.74) is 0.